The van der Waals surface area contributed by atoms with Gasteiger partial charge >= 0.3 is 5.97 Å². The van der Waals surface area contributed by atoms with Crippen molar-refractivity contribution in [2.24, 2.45) is 0 Å². The van der Waals surface area contributed by atoms with Crippen molar-refractivity contribution in [3.05, 3.63) is 58.4 Å². The average Bonchev–Trinajstić information content (AvgIpc) is 3.29. The van der Waals surface area contributed by atoms with Crippen LogP contribution in [0.25, 0.3) is 0 Å². The van der Waals surface area contributed by atoms with Crippen LogP contribution in [0, 0.1) is 10.1 Å². The smallest absolute Gasteiger partial charge is 0.368 e. The fourth-order valence-corrected chi connectivity index (χ4v) is 1.73. The number of methoxy groups -OCH3 is 1. The molecule has 8 heteroatoms. The fraction of sp³-hybridized carbons (Fsp3) is 0.154. The molecule has 0 amide bonds. The number of benzene rings is 1. The van der Waals surface area contributed by atoms with Crippen LogP contribution >= 0.6 is 0 Å². The van der Waals surface area contributed by atoms with Crippen molar-refractivity contribution >= 4 is 5.69 Å². The lowest BCUT2D eigenvalue weighted by Crippen LogP contribution is -2.10. The first-order valence-corrected chi connectivity index (χ1v) is 5.93. The lowest BCUT2D eigenvalue weighted by atomic mass is 10.2. The Hall–Kier alpha value is -2.55. The third-order valence-electron chi connectivity index (χ3n) is 2.85. The summed E-state index contributed by atoms with van der Waals surface area (Å²) >= 11 is 0. The highest BCUT2D eigenvalue weighted by molar-refractivity contribution is 5.38. The Morgan fingerprint density at radius 2 is 1.90 bits per heavy atom. The zero-order valence-electron chi connectivity index (χ0n) is 10.9. The molecular weight excluding hydrogens is 280 g/mol. The lowest BCUT2D eigenvalue weighted by Gasteiger charge is -2.08. The van der Waals surface area contributed by atoms with Gasteiger partial charge < -0.3 is 9.47 Å². The van der Waals surface area contributed by atoms with Crippen molar-refractivity contribution in [3.8, 4) is 11.5 Å². The van der Waals surface area contributed by atoms with Gasteiger partial charge in [0.05, 0.1) is 16.7 Å². The number of nitrogens with zero attached hydrogens (tertiary/aromatic N) is 2. The summed E-state index contributed by atoms with van der Waals surface area (Å²) in [6.45, 7) is 0. The number of rotatable bonds is 5. The molecule has 0 radical (unpaired) electrons. The molecule has 2 aromatic rings. The molecule has 0 unspecified atom stereocenters. The second kappa shape index (κ2) is 5.09. The van der Waals surface area contributed by atoms with E-state index < -0.39 is 10.9 Å². The number of nitro groups is 1. The number of hydrogen-bond donors (Lipinski definition) is 0. The average molecular weight is 290 g/mol. The van der Waals surface area contributed by atoms with Crippen molar-refractivity contribution < 1.29 is 24.2 Å². The van der Waals surface area contributed by atoms with E-state index in [1.54, 1.807) is 6.07 Å². The standard InChI is InChI=1S/C13H10N2O6/c1-18-13(20-21-13)9-6-12(8-14-7-9)19-11-4-2-10(3-5-11)15(16)17/h2-8H,1H3. The van der Waals surface area contributed by atoms with Crippen LogP contribution < -0.4 is 4.74 Å². The van der Waals surface area contributed by atoms with Gasteiger partial charge in [-0.15, -0.1) is 0 Å². The molecule has 0 N–H and O–H groups in total. The van der Waals surface area contributed by atoms with E-state index >= 15 is 0 Å². The number of nitro benzene ring substituents is 1. The molecule has 1 fully saturated rings. The number of pyridine rings is 1. The van der Waals surface area contributed by atoms with Gasteiger partial charge in [0.1, 0.15) is 11.5 Å². The summed E-state index contributed by atoms with van der Waals surface area (Å²) in [6, 6.07) is 7.36. The van der Waals surface area contributed by atoms with Gasteiger partial charge in [-0.2, -0.15) is 9.78 Å². The molecule has 1 saturated heterocycles. The number of ether oxygens (including phenoxy) is 2. The van der Waals surface area contributed by atoms with Crippen LogP contribution in [0.15, 0.2) is 42.7 Å². The topological polar surface area (TPSA) is 99.5 Å². The minimum atomic E-state index is -1.22. The predicted molar refractivity (Wildman–Crippen MR) is 68.3 cm³/mol. The van der Waals surface area contributed by atoms with Gasteiger partial charge in [0.25, 0.3) is 5.69 Å². The summed E-state index contributed by atoms with van der Waals surface area (Å²) < 4.78 is 10.6. The first-order chi connectivity index (χ1) is 10.1. The summed E-state index contributed by atoms with van der Waals surface area (Å²) in [6.07, 6.45) is 3.02. The van der Waals surface area contributed by atoms with Gasteiger partial charge in [-0.3, -0.25) is 15.1 Å². The van der Waals surface area contributed by atoms with Crippen LogP contribution in [0.5, 0.6) is 11.5 Å². The lowest BCUT2D eigenvalue weighted by molar-refractivity contribution is -0.384. The minimum Gasteiger partial charge on any atom is -0.456 e. The summed E-state index contributed by atoms with van der Waals surface area (Å²) in [5.41, 5.74) is 0.539. The van der Waals surface area contributed by atoms with Crippen molar-refractivity contribution in [1.82, 2.24) is 4.98 Å². The van der Waals surface area contributed by atoms with E-state index in [1.165, 1.54) is 43.8 Å². The molecule has 108 valence electrons. The molecule has 0 bridgehead atoms. The van der Waals surface area contributed by atoms with Gasteiger partial charge in [-0.05, 0) is 18.2 Å². The Kier molecular flexibility index (Phi) is 3.26. The van der Waals surface area contributed by atoms with Gasteiger partial charge in [0.15, 0.2) is 0 Å². The molecule has 21 heavy (non-hydrogen) atoms. The van der Waals surface area contributed by atoms with Crippen molar-refractivity contribution in [3.63, 3.8) is 0 Å². The van der Waals surface area contributed by atoms with Crippen LogP contribution in [0.1, 0.15) is 5.56 Å². The maximum atomic E-state index is 10.6. The van der Waals surface area contributed by atoms with E-state index in [9.17, 15) is 10.1 Å². The Labute approximate surface area is 118 Å². The second-order valence-electron chi connectivity index (χ2n) is 4.19. The maximum Gasteiger partial charge on any atom is 0.368 e. The zero-order valence-corrected chi connectivity index (χ0v) is 10.9. The molecule has 8 nitrogen and oxygen atoms in total. The molecule has 0 aliphatic carbocycles. The quantitative estimate of drug-likeness (QED) is 0.361. The molecule has 3 rings (SSSR count). The van der Waals surface area contributed by atoms with Crippen LogP contribution in [0.2, 0.25) is 0 Å². The Morgan fingerprint density at radius 1 is 1.19 bits per heavy atom. The Balaban J connectivity index is 1.79. The summed E-state index contributed by atoms with van der Waals surface area (Å²) in [7, 11) is 1.44. The second-order valence-corrected chi connectivity index (χ2v) is 4.19. The number of hydrogen-bond acceptors (Lipinski definition) is 7. The number of aromatic nitrogens is 1. The van der Waals surface area contributed by atoms with E-state index in [1.807, 2.05) is 0 Å². The minimum absolute atomic E-state index is 0.00709. The van der Waals surface area contributed by atoms with Crippen molar-refractivity contribution in [2.45, 2.75) is 5.97 Å². The molecular formula is C13H10N2O6. The van der Waals surface area contributed by atoms with Gasteiger partial charge in [0, 0.05) is 25.4 Å². The molecule has 0 saturated carbocycles. The van der Waals surface area contributed by atoms with Gasteiger partial charge in [0.2, 0.25) is 0 Å². The number of non-ortho nitro benzene ring substituents is 1. The van der Waals surface area contributed by atoms with E-state index in [2.05, 4.69) is 4.98 Å². The molecule has 0 atom stereocenters. The summed E-state index contributed by atoms with van der Waals surface area (Å²) in [4.78, 5) is 23.7. The van der Waals surface area contributed by atoms with Crippen LogP contribution in [-0.4, -0.2) is 17.0 Å². The third kappa shape index (κ3) is 2.68. The van der Waals surface area contributed by atoms with E-state index in [4.69, 9.17) is 19.2 Å². The largest absolute Gasteiger partial charge is 0.456 e. The highest BCUT2D eigenvalue weighted by Gasteiger charge is 2.52. The molecule has 1 aliphatic rings. The SMILES string of the molecule is COC1(c2cncc(Oc3ccc([N+](=O)[O-])cc3)c2)OO1. The molecule has 0 spiro atoms. The van der Waals surface area contributed by atoms with Gasteiger partial charge in [-0.25, -0.2) is 0 Å². The van der Waals surface area contributed by atoms with E-state index in [0.29, 0.717) is 17.1 Å². The molecule has 1 aliphatic heterocycles. The monoisotopic (exact) mass is 290 g/mol. The normalized spacial score (nSPS) is 15.5. The first-order valence-electron chi connectivity index (χ1n) is 5.93. The first kappa shape index (κ1) is 13.4. The predicted octanol–water partition coefficient (Wildman–Crippen LogP) is 2.50. The molecule has 1 aromatic heterocycles. The van der Waals surface area contributed by atoms with E-state index in [-0.39, 0.29) is 5.69 Å². The Morgan fingerprint density at radius 3 is 2.48 bits per heavy atom. The van der Waals surface area contributed by atoms with Crippen LogP contribution in [-0.2, 0) is 20.5 Å². The van der Waals surface area contributed by atoms with Crippen LogP contribution in [0.3, 0.4) is 0 Å². The Bertz CT molecular complexity index is 669. The van der Waals surface area contributed by atoms with Gasteiger partial charge in [-0.1, -0.05) is 0 Å². The fourth-order valence-electron chi connectivity index (χ4n) is 1.73. The van der Waals surface area contributed by atoms with Crippen molar-refractivity contribution in [2.75, 3.05) is 7.11 Å². The zero-order chi connectivity index (χ0) is 14.9. The maximum absolute atomic E-state index is 10.6. The van der Waals surface area contributed by atoms with Crippen molar-refractivity contribution in [1.29, 1.82) is 0 Å². The summed E-state index contributed by atoms with van der Waals surface area (Å²) in [5, 5.41) is 10.6. The highest BCUT2D eigenvalue weighted by Crippen LogP contribution is 2.42. The molecule has 2 heterocycles. The van der Waals surface area contributed by atoms with Crippen LogP contribution in [0.4, 0.5) is 5.69 Å². The highest BCUT2D eigenvalue weighted by atomic mass is 17.4. The summed E-state index contributed by atoms with van der Waals surface area (Å²) in [5.74, 6) is -0.345. The van der Waals surface area contributed by atoms with E-state index in [0.717, 1.165) is 0 Å². The third-order valence-corrected chi connectivity index (χ3v) is 2.85. The molecule has 1 aromatic carbocycles.